The summed E-state index contributed by atoms with van der Waals surface area (Å²) in [6, 6.07) is 11.2. The number of benzene rings is 2. The van der Waals surface area contributed by atoms with Gasteiger partial charge in [-0.3, -0.25) is 4.79 Å². The number of rotatable bonds is 5. The highest BCUT2D eigenvalue weighted by molar-refractivity contribution is 7.98. The Balaban J connectivity index is 1.47. The van der Waals surface area contributed by atoms with E-state index in [0.717, 1.165) is 16.5 Å². The third-order valence-corrected chi connectivity index (χ3v) is 5.47. The van der Waals surface area contributed by atoms with Gasteiger partial charge in [-0.2, -0.15) is 4.98 Å². The molecule has 1 atom stereocenters. The zero-order valence-corrected chi connectivity index (χ0v) is 15.9. The maximum Gasteiger partial charge on any atom is 0.232 e. The second-order valence-electron chi connectivity index (χ2n) is 6.60. The Bertz CT molecular complexity index is 1010. The molecule has 2 aromatic carbocycles. The van der Waals surface area contributed by atoms with E-state index in [0.29, 0.717) is 18.3 Å². The largest absolute Gasteiger partial charge is 0.339 e. The zero-order valence-electron chi connectivity index (χ0n) is 15.1. The van der Waals surface area contributed by atoms with Crippen LogP contribution in [0, 0.1) is 11.6 Å². The van der Waals surface area contributed by atoms with Crippen LogP contribution in [0.5, 0.6) is 0 Å². The number of carbonyl (C=O) groups excluding carboxylic acids is 1. The molecule has 1 aliphatic heterocycles. The molecule has 0 radical (unpaired) electrons. The van der Waals surface area contributed by atoms with E-state index in [1.165, 1.54) is 17.0 Å². The lowest BCUT2D eigenvalue weighted by Gasteiger charge is -2.16. The van der Waals surface area contributed by atoms with Gasteiger partial charge in [-0.05, 0) is 36.6 Å². The topological polar surface area (TPSA) is 59.2 Å². The van der Waals surface area contributed by atoms with E-state index in [-0.39, 0.29) is 30.4 Å². The van der Waals surface area contributed by atoms with Gasteiger partial charge in [0.25, 0.3) is 0 Å². The number of hydrogen-bond acceptors (Lipinski definition) is 5. The van der Waals surface area contributed by atoms with Crippen LogP contribution in [0.15, 0.2) is 51.9 Å². The van der Waals surface area contributed by atoms with Crippen LogP contribution in [-0.4, -0.2) is 33.7 Å². The number of hydrogen-bond donors (Lipinski definition) is 0. The molecule has 0 spiro atoms. The Labute approximate surface area is 164 Å². The molecule has 2 heterocycles. The predicted octanol–water partition coefficient (Wildman–Crippen LogP) is 4.25. The van der Waals surface area contributed by atoms with Crippen molar-refractivity contribution in [2.24, 2.45) is 0 Å². The number of carbonyl (C=O) groups is 1. The van der Waals surface area contributed by atoms with Crippen LogP contribution in [0.25, 0.3) is 11.4 Å². The number of aromatic nitrogens is 2. The molecule has 5 nitrogen and oxygen atoms in total. The van der Waals surface area contributed by atoms with Crippen LogP contribution >= 0.6 is 11.8 Å². The monoisotopic (exact) mass is 401 g/mol. The molecule has 1 unspecified atom stereocenters. The van der Waals surface area contributed by atoms with E-state index in [1.54, 1.807) is 11.8 Å². The lowest BCUT2D eigenvalue weighted by molar-refractivity contribution is -0.128. The average Bonchev–Trinajstić information content (AvgIpc) is 3.31. The van der Waals surface area contributed by atoms with Crippen molar-refractivity contribution in [3.63, 3.8) is 0 Å². The number of thioether (sulfide) groups is 1. The summed E-state index contributed by atoms with van der Waals surface area (Å²) >= 11 is 1.65. The average molecular weight is 401 g/mol. The Hall–Kier alpha value is -2.74. The smallest absolute Gasteiger partial charge is 0.232 e. The first kappa shape index (κ1) is 18.6. The van der Waals surface area contributed by atoms with Crippen molar-refractivity contribution in [2.75, 3.05) is 12.8 Å². The molecule has 0 bridgehead atoms. The molecule has 1 saturated heterocycles. The molecule has 4 rings (SSSR count). The first-order valence-electron chi connectivity index (χ1n) is 8.73. The van der Waals surface area contributed by atoms with Crippen molar-refractivity contribution in [3.8, 4) is 11.4 Å². The first-order valence-corrected chi connectivity index (χ1v) is 9.95. The Morgan fingerprint density at radius 3 is 2.71 bits per heavy atom. The van der Waals surface area contributed by atoms with E-state index in [4.69, 9.17) is 4.52 Å². The number of nitrogens with zero attached hydrogens (tertiary/aromatic N) is 3. The maximum atomic E-state index is 13.9. The maximum absolute atomic E-state index is 13.9. The van der Waals surface area contributed by atoms with Crippen LogP contribution in [-0.2, 0) is 11.3 Å². The van der Waals surface area contributed by atoms with E-state index >= 15 is 0 Å². The van der Waals surface area contributed by atoms with E-state index in [1.807, 2.05) is 30.5 Å². The summed E-state index contributed by atoms with van der Waals surface area (Å²) in [6.45, 7) is 0.432. The summed E-state index contributed by atoms with van der Waals surface area (Å²) in [5, 5.41) is 4.02. The zero-order chi connectivity index (χ0) is 19.7. The molecule has 0 N–H and O–H groups in total. The van der Waals surface area contributed by atoms with Crippen LogP contribution in [0.2, 0.25) is 0 Å². The molecule has 8 heteroatoms. The normalized spacial score (nSPS) is 16.8. The minimum absolute atomic E-state index is 0.0819. The third-order valence-electron chi connectivity index (χ3n) is 4.73. The van der Waals surface area contributed by atoms with Crippen molar-refractivity contribution in [3.05, 3.63) is 65.6 Å². The lowest BCUT2D eigenvalue weighted by atomic mass is 10.1. The van der Waals surface area contributed by atoms with Gasteiger partial charge in [0.05, 0.1) is 5.92 Å². The SMILES string of the molecule is CSc1ccc(-c2noc(C3CC(=O)N(Cc4ccc(F)cc4F)C3)n2)cc1. The fraction of sp³-hybridized carbons (Fsp3) is 0.250. The minimum atomic E-state index is -0.662. The fourth-order valence-corrected chi connectivity index (χ4v) is 3.61. The number of amides is 1. The van der Waals surface area contributed by atoms with Crippen LogP contribution in [0.1, 0.15) is 23.8 Å². The molecule has 1 fully saturated rings. The quantitative estimate of drug-likeness (QED) is 0.598. The van der Waals surface area contributed by atoms with Crippen molar-refractivity contribution < 1.29 is 18.1 Å². The highest BCUT2D eigenvalue weighted by Gasteiger charge is 2.34. The van der Waals surface area contributed by atoms with E-state index in [2.05, 4.69) is 10.1 Å². The number of halogens is 2. The van der Waals surface area contributed by atoms with Crippen LogP contribution in [0.3, 0.4) is 0 Å². The second-order valence-corrected chi connectivity index (χ2v) is 7.48. The van der Waals surface area contributed by atoms with Crippen molar-refractivity contribution in [1.29, 1.82) is 0 Å². The highest BCUT2D eigenvalue weighted by atomic mass is 32.2. The number of likely N-dealkylation sites (tertiary alicyclic amines) is 1. The van der Waals surface area contributed by atoms with Gasteiger partial charge >= 0.3 is 0 Å². The molecule has 1 aliphatic rings. The molecule has 0 saturated carbocycles. The van der Waals surface area contributed by atoms with Crippen molar-refractivity contribution >= 4 is 17.7 Å². The first-order chi connectivity index (χ1) is 13.5. The van der Waals surface area contributed by atoms with Crippen molar-refractivity contribution in [2.45, 2.75) is 23.8 Å². The molecular formula is C20H17F2N3O2S. The second kappa shape index (κ2) is 7.71. The van der Waals surface area contributed by atoms with Gasteiger partial charge in [-0.25, -0.2) is 8.78 Å². The van der Waals surface area contributed by atoms with Gasteiger partial charge < -0.3 is 9.42 Å². The fourth-order valence-electron chi connectivity index (χ4n) is 3.20. The lowest BCUT2D eigenvalue weighted by Crippen LogP contribution is -2.25. The summed E-state index contributed by atoms with van der Waals surface area (Å²) in [6.07, 6.45) is 2.22. The van der Waals surface area contributed by atoms with Gasteiger partial charge in [0.15, 0.2) is 0 Å². The molecular weight excluding hydrogens is 384 g/mol. The van der Waals surface area contributed by atoms with Gasteiger partial charge in [0.2, 0.25) is 17.6 Å². The highest BCUT2D eigenvalue weighted by Crippen LogP contribution is 2.30. The van der Waals surface area contributed by atoms with E-state index in [9.17, 15) is 13.6 Å². The summed E-state index contributed by atoms with van der Waals surface area (Å²) in [5.41, 5.74) is 1.11. The Morgan fingerprint density at radius 1 is 1.21 bits per heavy atom. The molecule has 1 amide bonds. The summed E-state index contributed by atoms with van der Waals surface area (Å²) in [5.74, 6) is -0.820. The molecule has 1 aromatic heterocycles. The van der Waals surface area contributed by atoms with Gasteiger partial charge in [0, 0.05) is 41.6 Å². The standard InChI is InChI=1S/C20H17F2N3O2S/c1-28-16-6-3-12(4-7-16)19-23-20(27-24-19)14-8-18(26)25(11-14)10-13-2-5-15(21)9-17(13)22/h2-7,9,14H,8,10-11H2,1H3. The summed E-state index contributed by atoms with van der Waals surface area (Å²) in [4.78, 5) is 19.4. The van der Waals surface area contributed by atoms with Crippen LogP contribution in [0.4, 0.5) is 8.78 Å². The molecule has 28 heavy (non-hydrogen) atoms. The van der Waals surface area contributed by atoms with E-state index < -0.39 is 11.6 Å². The molecule has 144 valence electrons. The van der Waals surface area contributed by atoms with Gasteiger partial charge in [0.1, 0.15) is 11.6 Å². The van der Waals surface area contributed by atoms with Crippen molar-refractivity contribution in [1.82, 2.24) is 15.0 Å². The Morgan fingerprint density at radius 2 is 2.00 bits per heavy atom. The summed E-state index contributed by atoms with van der Waals surface area (Å²) in [7, 11) is 0. The van der Waals surface area contributed by atoms with Gasteiger partial charge in [-0.1, -0.05) is 11.2 Å². The minimum Gasteiger partial charge on any atom is -0.339 e. The predicted molar refractivity (Wildman–Crippen MR) is 101 cm³/mol. The third kappa shape index (κ3) is 3.77. The summed E-state index contributed by atoms with van der Waals surface area (Å²) < 4.78 is 32.3. The molecule has 3 aromatic rings. The van der Waals surface area contributed by atoms with Gasteiger partial charge in [-0.15, -0.1) is 11.8 Å². The Kier molecular flexibility index (Phi) is 5.13. The van der Waals surface area contributed by atoms with Crippen LogP contribution < -0.4 is 0 Å². The molecule has 0 aliphatic carbocycles.